The Kier molecular flexibility index (Phi) is 1.64. The van der Waals surface area contributed by atoms with Crippen molar-refractivity contribution in [1.82, 2.24) is 0 Å². The fourth-order valence-electron chi connectivity index (χ4n) is 8.58. The lowest BCUT2D eigenvalue weighted by molar-refractivity contribution is -0.0738. The van der Waals surface area contributed by atoms with Crippen LogP contribution in [0.2, 0.25) is 0 Å². The van der Waals surface area contributed by atoms with Gasteiger partial charge in [0.05, 0.1) is 11.2 Å². The highest BCUT2D eigenvalue weighted by Crippen LogP contribution is 2.93. The van der Waals surface area contributed by atoms with Gasteiger partial charge in [-0.2, -0.15) is 0 Å². The molecule has 0 aromatic carbocycles. The molecule has 98 valence electrons. The summed E-state index contributed by atoms with van der Waals surface area (Å²) in [7, 11) is 0. The van der Waals surface area contributed by atoms with Gasteiger partial charge in [-0.3, -0.25) is 0 Å². The second-order valence-electron chi connectivity index (χ2n) is 7.71. The first kappa shape index (κ1) is 10.6. The van der Waals surface area contributed by atoms with Crippen molar-refractivity contribution in [2.24, 2.45) is 47.3 Å². The van der Waals surface area contributed by atoms with Crippen LogP contribution in [0.1, 0.15) is 19.3 Å². The molecule has 0 spiro atoms. The van der Waals surface area contributed by atoms with Gasteiger partial charge in [-0.05, 0) is 66.6 Å². The lowest BCUT2D eigenvalue weighted by atomic mass is 9.54. The summed E-state index contributed by atoms with van der Waals surface area (Å²) in [5, 5.41) is 2.28. The van der Waals surface area contributed by atoms with E-state index in [1.807, 2.05) is 0 Å². The monoisotopic (exact) mass is 372 g/mol. The predicted molar refractivity (Wildman–Crippen MR) is 75.9 cm³/mol. The van der Waals surface area contributed by atoms with Gasteiger partial charge in [0.1, 0.15) is 0 Å². The van der Waals surface area contributed by atoms with Gasteiger partial charge in [-0.25, -0.2) is 0 Å². The summed E-state index contributed by atoms with van der Waals surface area (Å²) in [5.74, 6) is 8.21. The fraction of sp³-hybridized carbons (Fsp3) is 1.00. The van der Waals surface area contributed by atoms with E-state index in [1.54, 1.807) is 6.42 Å². The molecule has 7 rings (SSSR count). The summed E-state index contributed by atoms with van der Waals surface area (Å²) in [6.45, 7) is 0. The van der Waals surface area contributed by atoms with Gasteiger partial charge in [-0.1, -0.05) is 31.9 Å². The first-order valence-corrected chi connectivity index (χ1v) is 9.86. The maximum atomic E-state index is 6.96. The van der Waals surface area contributed by atoms with Crippen molar-refractivity contribution in [1.29, 1.82) is 0 Å². The van der Waals surface area contributed by atoms with E-state index < -0.39 is 0 Å². The van der Waals surface area contributed by atoms with Crippen molar-refractivity contribution in [3.63, 3.8) is 0 Å². The molecular weight excluding hydrogens is 356 g/mol. The second kappa shape index (κ2) is 2.78. The molecule has 5 saturated carbocycles. The quantitative estimate of drug-likeness (QED) is 0.686. The van der Waals surface area contributed by atoms with Crippen molar-refractivity contribution in [2.45, 2.75) is 30.5 Å². The van der Waals surface area contributed by atoms with Crippen LogP contribution in [0, 0.1) is 47.3 Å². The molecule has 0 N–H and O–H groups in total. The average Bonchev–Trinajstić information content (AvgIpc) is 2.90. The van der Waals surface area contributed by atoms with E-state index >= 15 is 0 Å². The molecule has 4 bridgehead atoms. The zero-order chi connectivity index (χ0) is 11.9. The zero-order valence-corrected chi connectivity index (χ0v) is 13.5. The highest BCUT2D eigenvalue weighted by atomic mass is 79.9. The van der Waals surface area contributed by atoms with E-state index in [-0.39, 0.29) is 0 Å². The maximum Gasteiger partial charge on any atom is 0.0767 e. The summed E-state index contributed by atoms with van der Waals surface area (Å²) in [4.78, 5) is 0. The number of ether oxygens (including phenoxy) is 1. The third kappa shape index (κ3) is 0.689. The molecule has 0 amide bonds. The lowest BCUT2D eigenvalue weighted by Gasteiger charge is -2.47. The van der Waals surface area contributed by atoms with Crippen LogP contribution < -0.4 is 0 Å². The molecule has 10 atom stereocenters. The minimum Gasteiger partial charge on any atom is -0.367 e. The first-order valence-electron chi connectivity index (χ1n) is 7.62. The van der Waals surface area contributed by atoms with Gasteiger partial charge >= 0.3 is 0 Å². The molecule has 0 aromatic heterocycles. The molecule has 6 unspecified atom stereocenters. The number of halogens is 2. The van der Waals surface area contributed by atoms with E-state index in [0.717, 1.165) is 58.0 Å². The van der Waals surface area contributed by atoms with Crippen molar-refractivity contribution >= 4 is 31.9 Å². The number of hydrogen-bond donors (Lipinski definition) is 0. The van der Waals surface area contributed by atoms with Crippen LogP contribution >= 0.6 is 31.9 Å². The Hall–Kier alpha value is 0.920. The maximum absolute atomic E-state index is 6.96. The van der Waals surface area contributed by atoms with Crippen LogP contribution in [0.25, 0.3) is 0 Å². The Morgan fingerprint density at radius 3 is 1.78 bits per heavy atom. The van der Waals surface area contributed by atoms with Crippen molar-refractivity contribution in [2.75, 3.05) is 10.7 Å². The van der Waals surface area contributed by atoms with Crippen molar-refractivity contribution in [3.8, 4) is 0 Å². The van der Waals surface area contributed by atoms with E-state index in [0.29, 0.717) is 11.2 Å². The van der Waals surface area contributed by atoms with E-state index in [2.05, 4.69) is 31.9 Å². The summed E-state index contributed by atoms with van der Waals surface area (Å²) < 4.78 is 6.96. The van der Waals surface area contributed by atoms with Gasteiger partial charge in [-0.15, -0.1) is 0 Å². The number of rotatable bonds is 4. The highest BCUT2D eigenvalue weighted by molar-refractivity contribution is 9.09. The Morgan fingerprint density at radius 1 is 0.833 bits per heavy atom. The normalized spacial score (nSPS) is 75.0. The Balaban J connectivity index is 1.59. The van der Waals surface area contributed by atoms with Gasteiger partial charge < -0.3 is 4.74 Å². The van der Waals surface area contributed by atoms with Crippen molar-refractivity contribution < 1.29 is 4.74 Å². The molecule has 5 aliphatic carbocycles. The first-order chi connectivity index (χ1) is 8.80. The molecule has 7 aliphatic rings. The summed E-state index contributed by atoms with van der Waals surface area (Å²) in [5.41, 5.74) is 0.663. The van der Waals surface area contributed by atoms with E-state index in [1.165, 1.54) is 12.8 Å². The molecule has 1 nitrogen and oxygen atoms in total. The third-order valence-electron chi connectivity index (χ3n) is 8.11. The summed E-state index contributed by atoms with van der Waals surface area (Å²) in [6.07, 6.45) is 4.15. The van der Waals surface area contributed by atoms with E-state index in [9.17, 15) is 0 Å². The summed E-state index contributed by atoms with van der Waals surface area (Å²) >= 11 is 7.41. The van der Waals surface area contributed by atoms with Gasteiger partial charge in [0.25, 0.3) is 0 Å². The molecule has 2 aliphatic heterocycles. The topological polar surface area (TPSA) is 9.23 Å². The number of hydrogen-bond acceptors (Lipinski definition) is 1. The van der Waals surface area contributed by atoms with Crippen LogP contribution in [0.15, 0.2) is 0 Å². The smallest absolute Gasteiger partial charge is 0.0767 e. The second-order valence-corrected chi connectivity index (χ2v) is 9.30. The van der Waals surface area contributed by atoms with Crippen LogP contribution in [-0.2, 0) is 4.74 Å². The van der Waals surface area contributed by atoms with Gasteiger partial charge in [0.15, 0.2) is 0 Å². The highest BCUT2D eigenvalue weighted by Gasteiger charge is 2.96. The van der Waals surface area contributed by atoms with E-state index in [4.69, 9.17) is 4.74 Å². The van der Waals surface area contributed by atoms with Crippen LogP contribution in [0.3, 0.4) is 0 Å². The molecule has 0 aromatic rings. The Bertz CT molecular complexity index is 423. The summed E-state index contributed by atoms with van der Waals surface area (Å²) in [6, 6.07) is 0. The molecule has 0 radical (unpaired) electrons. The van der Waals surface area contributed by atoms with Crippen molar-refractivity contribution in [3.05, 3.63) is 0 Å². The largest absolute Gasteiger partial charge is 0.367 e. The molecule has 18 heavy (non-hydrogen) atoms. The van der Waals surface area contributed by atoms with Crippen LogP contribution in [0.5, 0.6) is 0 Å². The lowest BCUT2D eigenvalue weighted by Crippen LogP contribution is -2.51. The Morgan fingerprint density at radius 2 is 1.33 bits per heavy atom. The molecule has 3 heteroatoms. The van der Waals surface area contributed by atoms with Crippen LogP contribution in [0.4, 0.5) is 0 Å². The molecule has 2 heterocycles. The standard InChI is InChI=1S/C15H18Br2O/c16-3-1-14-10-6-5-7-9-8(6)12(14)13(9)15(18-14,2-4-17)11(7)10/h6-13H,1-5H2/t6-,7+,8?,9?,10?,11?,12?,13?,14-,15+. The predicted octanol–water partition coefficient (Wildman–Crippen LogP) is 3.45. The fourth-order valence-corrected chi connectivity index (χ4v) is 9.81. The number of alkyl halides is 2. The minimum absolute atomic E-state index is 0.331. The molecule has 2 saturated heterocycles. The molecular formula is C15H18Br2O. The van der Waals surface area contributed by atoms with Crippen LogP contribution in [-0.4, -0.2) is 21.9 Å². The average molecular weight is 374 g/mol. The SMILES string of the molecule is BrCC[C@]12O[C@]3(CCBr)C4C5C(C41)[C@H]1C[C@@H]5C3C12. The van der Waals surface area contributed by atoms with Gasteiger partial charge in [0, 0.05) is 10.7 Å². The minimum atomic E-state index is 0.331. The zero-order valence-electron chi connectivity index (χ0n) is 10.3. The third-order valence-corrected chi connectivity index (χ3v) is 8.90. The molecule has 7 fully saturated rings. The van der Waals surface area contributed by atoms with Gasteiger partial charge in [0.2, 0.25) is 0 Å². The Labute approximate surface area is 125 Å².